The summed E-state index contributed by atoms with van der Waals surface area (Å²) in [5.41, 5.74) is 2.69. The molecule has 0 saturated carbocycles. The second-order valence-electron chi connectivity index (χ2n) is 5.49. The number of halogens is 2. The molecule has 1 aromatic heterocycles. The molecule has 4 heteroatoms. The fraction of sp³-hybridized carbons (Fsp3) is 0.222. The molecule has 0 spiro atoms. The molecule has 2 N–H and O–H groups in total. The van der Waals surface area contributed by atoms with Gasteiger partial charge in [-0.2, -0.15) is 0 Å². The topological polar surface area (TPSA) is 27.8 Å². The van der Waals surface area contributed by atoms with Crippen molar-refractivity contribution in [2.24, 2.45) is 0 Å². The summed E-state index contributed by atoms with van der Waals surface area (Å²) in [5, 5.41) is 4.42. The predicted octanol–water partition coefficient (Wildman–Crippen LogP) is 4.34. The van der Waals surface area contributed by atoms with Gasteiger partial charge < -0.3 is 10.3 Å². The highest BCUT2D eigenvalue weighted by atomic mass is 19.1. The van der Waals surface area contributed by atoms with E-state index in [0.717, 1.165) is 18.0 Å². The molecule has 3 aromatic rings. The third-order valence-electron chi connectivity index (χ3n) is 3.91. The van der Waals surface area contributed by atoms with Crippen LogP contribution in [0.2, 0.25) is 0 Å². The number of benzene rings is 2. The molecule has 1 heterocycles. The summed E-state index contributed by atoms with van der Waals surface area (Å²) >= 11 is 0. The number of H-pyrrole nitrogens is 1. The van der Waals surface area contributed by atoms with E-state index in [9.17, 15) is 8.78 Å². The third-order valence-corrected chi connectivity index (χ3v) is 3.91. The van der Waals surface area contributed by atoms with Crippen LogP contribution in [-0.4, -0.2) is 11.5 Å². The lowest BCUT2D eigenvalue weighted by molar-refractivity contribution is 0.521. The molecule has 114 valence electrons. The van der Waals surface area contributed by atoms with Gasteiger partial charge in [-0.1, -0.05) is 6.07 Å². The lowest BCUT2D eigenvalue weighted by Gasteiger charge is -2.15. The highest BCUT2D eigenvalue weighted by Crippen LogP contribution is 2.18. The molecule has 22 heavy (non-hydrogen) atoms. The van der Waals surface area contributed by atoms with Crippen LogP contribution in [0.25, 0.3) is 10.9 Å². The van der Waals surface area contributed by atoms with E-state index in [1.165, 1.54) is 23.1 Å². The Labute approximate surface area is 128 Å². The van der Waals surface area contributed by atoms with Crippen molar-refractivity contribution in [3.8, 4) is 0 Å². The Balaban J connectivity index is 1.61. The standard InChI is InChI=1S/C18H18F2N2/c1-12(16-11-15(19)3-4-17(16)20)21-8-6-13-2-5-18-14(10-13)7-9-22-18/h2-5,7,9-12,21-22H,6,8H2,1H3. The lowest BCUT2D eigenvalue weighted by atomic mass is 10.1. The molecule has 0 aliphatic carbocycles. The van der Waals surface area contributed by atoms with Gasteiger partial charge in [0.05, 0.1) is 0 Å². The average Bonchev–Trinajstić information content (AvgIpc) is 2.97. The number of hydrogen-bond donors (Lipinski definition) is 2. The van der Waals surface area contributed by atoms with Crippen LogP contribution in [-0.2, 0) is 6.42 Å². The van der Waals surface area contributed by atoms with Crippen LogP contribution < -0.4 is 5.32 Å². The molecule has 0 radical (unpaired) electrons. The molecule has 2 nitrogen and oxygen atoms in total. The molecule has 1 unspecified atom stereocenters. The van der Waals surface area contributed by atoms with Crippen LogP contribution >= 0.6 is 0 Å². The van der Waals surface area contributed by atoms with E-state index in [-0.39, 0.29) is 11.9 Å². The Hall–Kier alpha value is -2.20. The van der Waals surface area contributed by atoms with Gasteiger partial charge in [0.2, 0.25) is 0 Å². The van der Waals surface area contributed by atoms with Crippen molar-refractivity contribution >= 4 is 10.9 Å². The first-order chi connectivity index (χ1) is 10.6. The van der Waals surface area contributed by atoms with Crippen molar-refractivity contribution in [1.29, 1.82) is 0 Å². The van der Waals surface area contributed by atoms with E-state index >= 15 is 0 Å². The fourth-order valence-electron chi connectivity index (χ4n) is 2.65. The minimum atomic E-state index is -0.414. The lowest BCUT2D eigenvalue weighted by Crippen LogP contribution is -2.22. The van der Waals surface area contributed by atoms with Crippen LogP contribution in [0.4, 0.5) is 8.78 Å². The van der Waals surface area contributed by atoms with Gasteiger partial charge in [0.1, 0.15) is 11.6 Å². The minimum Gasteiger partial charge on any atom is -0.361 e. The van der Waals surface area contributed by atoms with E-state index in [1.54, 1.807) is 0 Å². The van der Waals surface area contributed by atoms with E-state index in [2.05, 4.69) is 28.5 Å². The molecule has 0 amide bonds. The van der Waals surface area contributed by atoms with Gasteiger partial charge in [-0.3, -0.25) is 0 Å². The molecular formula is C18H18F2N2. The third kappa shape index (κ3) is 3.17. The monoisotopic (exact) mass is 300 g/mol. The molecule has 3 rings (SSSR count). The maximum absolute atomic E-state index is 13.7. The highest BCUT2D eigenvalue weighted by molar-refractivity contribution is 5.79. The summed E-state index contributed by atoms with van der Waals surface area (Å²) in [5.74, 6) is -0.793. The summed E-state index contributed by atoms with van der Waals surface area (Å²) in [4.78, 5) is 3.16. The normalized spacial score (nSPS) is 12.7. The molecule has 0 aliphatic rings. The molecule has 0 aliphatic heterocycles. The van der Waals surface area contributed by atoms with Crippen molar-refractivity contribution < 1.29 is 8.78 Å². The van der Waals surface area contributed by atoms with Gasteiger partial charge in [-0.25, -0.2) is 8.78 Å². The first kappa shape index (κ1) is 14.7. The Bertz CT molecular complexity index is 780. The Morgan fingerprint density at radius 1 is 1.09 bits per heavy atom. The largest absolute Gasteiger partial charge is 0.361 e. The van der Waals surface area contributed by atoms with Crippen molar-refractivity contribution in [3.63, 3.8) is 0 Å². The summed E-state index contributed by atoms with van der Waals surface area (Å²) in [7, 11) is 0. The highest BCUT2D eigenvalue weighted by Gasteiger charge is 2.11. The van der Waals surface area contributed by atoms with E-state index in [4.69, 9.17) is 0 Å². The van der Waals surface area contributed by atoms with Crippen molar-refractivity contribution in [1.82, 2.24) is 10.3 Å². The number of hydrogen-bond acceptors (Lipinski definition) is 1. The van der Waals surface area contributed by atoms with Gasteiger partial charge >= 0.3 is 0 Å². The van der Waals surface area contributed by atoms with Crippen LogP contribution in [0.5, 0.6) is 0 Å². The van der Waals surface area contributed by atoms with E-state index in [1.807, 2.05) is 19.2 Å². The van der Waals surface area contributed by atoms with Crippen molar-refractivity contribution in [2.75, 3.05) is 6.54 Å². The zero-order valence-corrected chi connectivity index (χ0v) is 12.4. The van der Waals surface area contributed by atoms with Gasteiger partial charge in [-0.05, 0) is 67.2 Å². The molecule has 2 aromatic carbocycles. The summed E-state index contributed by atoms with van der Waals surface area (Å²) in [6.45, 7) is 2.54. The molecule has 1 atom stereocenters. The van der Waals surface area contributed by atoms with Gasteiger partial charge in [-0.15, -0.1) is 0 Å². The van der Waals surface area contributed by atoms with E-state index in [0.29, 0.717) is 12.1 Å². The van der Waals surface area contributed by atoms with Crippen LogP contribution in [0, 0.1) is 11.6 Å². The quantitative estimate of drug-likeness (QED) is 0.721. The van der Waals surface area contributed by atoms with Crippen LogP contribution in [0.1, 0.15) is 24.1 Å². The SMILES string of the molecule is CC(NCCc1ccc2[nH]ccc2c1)c1cc(F)ccc1F. The maximum atomic E-state index is 13.7. The summed E-state index contributed by atoms with van der Waals surface area (Å²) in [6, 6.07) is 11.6. The second kappa shape index (κ2) is 6.28. The zero-order chi connectivity index (χ0) is 15.5. The van der Waals surface area contributed by atoms with Gasteiger partial charge in [0, 0.05) is 23.3 Å². The zero-order valence-electron chi connectivity index (χ0n) is 12.4. The first-order valence-electron chi connectivity index (χ1n) is 7.38. The Morgan fingerprint density at radius 2 is 1.95 bits per heavy atom. The number of aromatic nitrogens is 1. The minimum absolute atomic E-state index is 0.230. The Morgan fingerprint density at radius 3 is 2.82 bits per heavy atom. The predicted molar refractivity (Wildman–Crippen MR) is 84.8 cm³/mol. The Kier molecular flexibility index (Phi) is 4.20. The molecule has 0 fully saturated rings. The van der Waals surface area contributed by atoms with Gasteiger partial charge in [0.15, 0.2) is 0 Å². The summed E-state index contributed by atoms with van der Waals surface area (Å²) in [6.07, 6.45) is 2.75. The number of aromatic amines is 1. The summed E-state index contributed by atoms with van der Waals surface area (Å²) < 4.78 is 26.9. The average molecular weight is 300 g/mol. The molecular weight excluding hydrogens is 282 g/mol. The van der Waals surface area contributed by atoms with Gasteiger partial charge in [0.25, 0.3) is 0 Å². The van der Waals surface area contributed by atoms with E-state index < -0.39 is 5.82 Å². The maximum Gasteiger partial charge on any atom is 0.128 e. The second-order valence-corrected chi connectivity index (χ2v) is 5.49. The fourth-order valence-corrected chi connectivity index (χ4v) is 2.65. The number of nitrogens with one attached hydrogen (secondary N) is 2. The first-order valence-corrected chi connectivity index (χ1v) is 7.38. The van der Waals surface area contributed by atoms with Crippen molar-refractivity contribution in [2.45, 2.75) is 19.4 Å². The molecule has 0 bridgehead atoms. The van der Waals surface area contributed by atoms with Crippen LogP contribution in [0.3, 0.4) is 0 Å². The number of fused-ring (bicyclic) bond motifs is 1. The number of rotatable bonds is 5. The van der Waals surface area contributed by atoms with Crippen molar-refractivity contribution in [3.05, 3.63) is 71.4 Å². The smallest absolute Gasteiger partial charge is 0.128 e. The molecule has 0 saturated heterocycles. The van der Waals surface area contributed by atoms with Crippen LogP contribution in [0.15, 0.2) is 48.7 Å².